The monoisotopic (exact) mass is 295 g/mol. The molecule has 1 heterocycles. The van der Waals surface area contributed by atoms with Crippen LogP contribution in [0, 0.1) is 6.92 Å². The van der Waals surface area contributed by atoms with Crippen LogP contribution in [0.2, 0.25) is 0 Å². The molecule has 2 rings (SSSR count). The van der Waals surface area contributed by atoms with Crippen LogP contribution >= 0.6 is 0 Å². The van der Waals surface area contributed by atoms with Gasteiger partial charge in [-0.3, -0.25) is 0 Å². The summed E-state index contributed by atoms with van der Waals surface area (Å²) in [6.45, 7) is 1.69. The Balaban J connectivity index is 2.11. The van der Waals surface area contributed by atoms with Crippen molar-refractivity contribution in [3.63, 3.8) is 0 Å². The first-order valence-corrected chi connectivity index (χ1v) is 7.25. The highest BCUT2D eigenvalue weighted by molar-refractivity contribution is 7.89. The van der Waals surface area contributed by atoms with E-state index in [-0.39, 0.29) is 23.0 Å². The summed E-state index contributed by atoms with van der Waals surface area (Å²) in [5, 5.41) is 8.70. The second-order valence-corrected chi connectivity index (χ2v) is 5.98. The van der Waals surface area contributed by atoms with Crippen LogP contribution in [0.1, 0.15) is 21.9 Å². The van der Waals surface area contributed by atoms with Gasteiger partial charge >= 0.3 is 5.97 Å². The normalized spacial score (nSPS) is 11.4. The van der Waals surface area contributed by atoms with E-state index in [0.29, 0.717) is 0 Å². The first-order valence-electron chi connectivity index (χ1n) is 5.77. The SMILES string of the molecule is Cc1cccc(S(=O)(=O)NCc2ccc(C(=O)O)o2)c1. The molecule has 0 aliphatic carbocycles. The Morgan fingerprint density at radius 1 is 1.30 bits per heavy atom. The summed E-state index contributed by atoms with van der Waals surface area (Å²) in [6.07, 6.45) is 0. The molecule has 0 radical (unpaired) electrons. The second kappa shape index (κ2) is 5.48. The lowest BCUT2D eigenvalue weighted by atomic mass is 10.2. The van der Waals surface area contributed by atoms with Crippen LogP contribution in [-0.2, 0) is 16.6 Å². The quantitative estimate of drug-likeness (QED) is 0.876. The van der Waals surface area contributed by atoms with Gasteiger partial charge in [-0.15, -0.1) is 0 Å². The second-order valence-electron chi connectivity index (χ2n) is 4.21. The number of hydrogen-bond donors (Lipinski definition) is 2. The van der Waals surface area contributed by atoms with E-state index >= 15 is 0 Å². The molecule has 0 amide bonds. The number of carboxylic acids is 1. The van der Waals surface area contributed by atoms with Crippen molar-refractivity contribution in [3.8, 4) is 0 Å². The third kappa shape index (κ3) is 3.25. The van der Waals surface area contributed by atoms with E-state index in [4.69, 9.17) is 9.52 Å². The molecule has 2 N–H and O–H groups in total. The van der Waals surface area contributed by atoms with Crippen molar-refractivity contribution in [1.82, 2.24) is 4.72 Å². The number of furan rings is 1. The molecule has 2 aromatic rings. The summed E-state index contributed by atoms with van der Waals surface area (Å²) < 4.78 is 31.4. The fraction of sp³-hybridized carbons (Fsp3) is 0.154. The van der Waals surface area contributed by atoms with Gasteiger partial charge in [-0.2, -0.15) is 0 Å². The summed E-state index contributed by atoms with van der Waals surface area (Å²) in [5.41, 5.74) is 0.832. The van der Waals surface area contributed by atoms with Crippen LogP contribution in [0.25, 0.3) is 0 Å². The molecule has 0 saturated heterocycles. The maximum absolute atomic E-state index is 12.0. The van der Waals surface area contributed by atoms with Gasteiger partial charge in [0.05, 0.1) is 11.4 Å². The number of aromatic carboxylic acids is 1. The Kier molecular flexibility index (Phi) is 3.91. The van der Waals surface area contributed by atoms with Crippen LogP contribution in [0.5, 0.6) is 0 Å². The van der Waals surface area contributed by atoms with Gasteiger partial charge in [0.25, 0.3) is 0 Å². The zero-order chi connectivity index (χ0) is 14.8. The van der Waals surface area contributed by atoms with Gasteiger partial charge in [-0.25, -0.2) is 17.9 Å². The smallest absolute Gasteiger partial charge is 0.371 e. The number of carbonyl (C=O) groups is 1. The standard InChI is InChI=1S/C13H13NO5S/c1-9-3-2-4-11(7-9)20(17,18)14-8-10-5-6-12(19-10)13(15)16/h2-7,14H,8H2,1H3,(H,15,16). The van der Waals surface area contributed by atoms with Crippen molar-refractivity contribution < 1.29 is 22.7 Å². The summed E-state index contributed by atoms with van der Waals surface area (Å²) in [5.74, 6) is -1.19. The summed E-state index contributed by atoms with van der Waals surface area (Å²) >= 11 is 0. The Bertz CT molecular complexity index is 733. The average molecular weight is 295 g/mol. The number of hydrogen-bond acceptors (Lipinski definition) is 4. The zero-order valence-corrected chi connectivity index (χ0v) is 11.5. The predicted molar refractivity (Wildman–Crippen MR) is 70.9 cm³/mol. The van der Waals surface area contributed by atoms with Gasteiger partial charge in [0.1, 0.15) is 5.76 Å². The molecule has 6 nitrogen and oxygen atoms in total. The molecule has 1 aromatic heterocycles. The van der Waals surface area contributed by atoms with Gasteiger partial charge in [-0.1, -0.05) is 12.1 Å². The predicted octanol–water partition coefficient (Wildman–Crippen LogP) is 1.76. The third-order valence-electron chi connectivity index (χ3n) is 2.61. The number of sulfonamides is 1. The van der Waals surface area contributed by atoms with Crippen LogP contribution in [0.4, 0.5) is 0 Å². The largest absolute Gasteiger partial charge is 0.475 e. The number of aryl methyl sites for hydroxylation is 1. The molecule has 1 aromatic carbocycles. The molecular formula is C13H13NO5S. The molecule has 0 bridgehead atoms. The van der Waals surface area contributed by atoms with E-state index in [1.165, 1.54) is 18.2 Å². The minimum absolute atomic E-state index is 0.108. The fourth-order valence-electron chi connectivity index (χ4n) is 1.62. The van der Waals surface area contributed by atoms with Crippen molar-refractivity contribution in [2.24, 2.45) is 0 Å². The summed E-state index contributed by atoms with van der Waals surface area (Å²) in [6, 6.07) is 9.18. The summed E-state index contributed by atoms with van der Waals surface area (Å²) in [7, 11) is -3.65. The Labute approximate surface area is 116 Å². The third-order valence-corrected chi connectivity index (χ3v) is 4.01. The van der Waals surface area contributed by atoms with Crippen molar-refractivity contribution in [3.05, 3.63) is 53.5 Å². The number of nitrogens with one attached hydrogen (secondary N) is 1. The topological polar surface area (TPSA) is 96.6 Å². The number of carboxylic acid groups (broad SMARTS) is 1. The maximum Gasteiger partial charge on any atom is 0.371 e. The Hall–Kier alpha value is -2.12. The first-order chi connectivity index (χ1) is 9.38. The van der Waals surface area contributed by atoms with Crippen LogP contribution in [0.15, 0.2) is 45.7 Å². The van der Waals surface area contributed by atoms with E-state index in [0.717, 1.165) is 5.56 Å². The van der Waals surface area contributed by atoms with Crippen molar-refractivity contribution in [2.75, 3.05) is 0 Å². The molecule has 7 heteroatoms. The Morgan fingerprint density at radius 2 is 2.05 bits per heavy atom. The Morgan fingerprint density at radius 3 is 2.65 bits per heavy atom. The molecule has 0 spiro atoms. The van der Waals surface area contributed by atoms with Crippen molar-refractivity contribution in [2.45, 2.75) is 18.4 Å². The van der Waals surface area contributed by atoms with E-state index < -0.39 is 16.0 Å². The van der Waals surface area contributed by atoms with Crippen molar-refractivity contribution >= 4 is 16.0 Å². The molecule has 0 atom stereocenters. The molecule has 0 aliphatic rings. The lowest BCUT2D eigenvalue weighted by Gasteiger charge is -2.05. The number of benzene rings is 1. The maximum atomic E-state index is 12.0. The van der Waals surface area contributed by atoms with Gasteiger partial charge in [-0.05, 0) is 36.8 Å². The highest BCUT2D eigenvalue weighted by Crippen LogP contribution is 2.12. The molecule has 106 valence electrons. The fourth-order valence-corrected chi connectivity index (χ4v) is 2.72. The highest BCUT2D eigenvalue weighted by atomic mass is 32.2. The molecule has 0 aliphatic heterocycles. The van der Waals surface area contributed by atoms with Gasteiger partial charge in [0, 0.05) is 0 Å². The van der Waals surface area contributed by atoms with Crippen LogP contribution in [-0.4, -0.2) is 19.5 Å². The van der Waals surface area contributed by atoms with E-state index in [1.54, 1.807) is 25.1 Å². The van der Waals surface area contributed by atoms with E-state index in [9.17, 15) is 13.2 Å². The minimum atomic E-state index is -3.65. The highest BCUT2D eigenvalue weighted by Gasteiger charge is 2.15. The van der Waals surface area contributed by atoms with E-state index in [2.05, 4.69) is 4.72 Å². The number of rotatable bonds is 5. The molecule has 0 saturated carbocycles. The van der Waals surface area contributed by atoms with Gasteiger partial charge in [0.15, 0.2) is 0 Å². The van der Waals surface area contributed by atoms with Crippen molar-refractivity contribution in [1.29, 1.82) is 0 Å². The lowest BCUT2D eigenvalue weighted by molar-refractivity contribution is 0.0660. The van der Waals surface area contributed by atoms with Crippen LogP contribution < -0.4 is 4.72 Å². The first kappa shape index (κ1) is 14.3. The zero-order valence-electron chi connectivity index (χ0n) is 10.7. The molecule has 0 fully saturated rings. The van der Waals surface area contributed by atoms with Gasteiger partial charge in [0.2, 0.25) is 15.8 Å². The lowest BCUT2D eigenvalue weighted by Crippen LogP contribution is -2.23. The molecule has 0 unspecified atom stereocenters. The minimum Gasteiger partial charge on any atom is -0.475 e. The van der Waals surface area contributed by atoms with Crippen LogP contribution in [0.3, 0.4) is 0 Å². The van der Waals surface area contributed by atoms with Gasteiger partial charge < -0.3 is 9.52 Å². The summed E-state index contributed by atoms with van der Waals surface area (Å²) in [4.78, 5) is 10.8. The molecular weight excluding hydrogens is 282 g/mol. The average Bonchev–Trinajstić information content (AvgIpc) is 2.85. The van der Waals surface area contributed by atoms with E-state index in [1.807, 2.05) is 0 Å². The molecule has 20 heavy (non-hydrogen) atoms.